The number of rotatable bonds is 5. The first-order valence-electron chi connectivity index (χ1n) is 8.20. The van der Waals surface area contributed by atoms with Gasteiger partial charge >= 0.3 is 0 Å². The van der Waals surface area contributed by atoms with Crippen molar-refractivity contribution in [3.05, 3.63) is 42.5 Å². The predicted octanol–water partition coefficient (Wildman–Crippen LogP) is 5.30. The molecule has 0 unspecified atom stereocenters. The van der Waals surface area contributed by atoms with Gasteiger partial charge in [0.25, 0.3) is 0 Å². The van der Waals surface area contributed by atoms with Crippen molar-refractivity contribution in [3.8, 4) is 38.3 Å². The molecule has 138 valence electrons. The van der Waals surface area contributed by atoms with Crippen molar-refractivity contribution in [2.45, 2.75) is 0 Å². The third-order valence-corrected chi connectivity index (χ3v) is 6.41. The molecule has 2 heterocycles. The van der Waals surface area contributed by atoms with E-state index in [2.05, 4.69) is 23.2 Å². The molecule has 5 nitrogen and oxygen atoms in total. The second kappa shape index (κ2) is 7.09. The van der Waals surface area contributed by atoms with Gasteiger partial charge < -0.3 is 19.9 Å². The van der Waals surface area contributed by atoms with Gasteiger partial charge in [-0.05, 0) is 29.7 Å². The van der Waals surface area contributed by atoms with Gasteiger partial charge in [-0.3, -0.25) is 0 Å². The maximum Gasteiger partial charge on any atom is 0.203 e. The number of thiazole rings is 1. The van der Waals surface area contributed by atoms with Crippen molar-refractivity contribution in [3.63, 3.8) is 0 Å². The minimum atomic E-state index is 0.520. The van der Waals surface area contributed by atoms with Crippen molar-refractivity contribution in [1.29, 1.82) is 0 Å². The lowest BCUT2D eigenvalue weighted by atomic mass is 10.1. The minimum Gasteiger partial charge on any atom is -0.493 e. The smallest absolute Gasteiger partial charge is 0.203 e. The average molecular weight is 399 g/mol. The number of nitrogens with zero attached hydrogens (tertiary/aromatic N) is 1. The van der Waals surface area contributed by atoms with Crippen molar-refractivity contribution in [2.75, 3.05) is 27.1 Å². The minimum absolute atomic E-state index is 0.520. The molecule has 4 rings (SSSR count). The summed E-state index contributed by atoms with van der Waals surface area (Å²) in [5.41, 5.74) is 7.74. The van der Waals surface area contributed by atoms with Crippen LogP contribution in [0.5, 0.6) is 17.2 Å². The number of thiophene rings is 1. The highest BCUT2D eigenvalue weighted by atomic mass is 32.1. The quantitative estimate of drug-likeness (QED) is 0.494. The van der Waals surface area contributed by atoms with Gasteiger partial charge in [-0.25, -0.2) is 4.98 Å². The first kappa shape index (κ1) is 17.6. The Morgan fingerprint density at radius 1 is 0.889 bits per heavy atom. The zero-order valence-electron chi connectivity index (χ0n) is 15.1. The molecule has 0 atom stereocenters. The van der Waals surface area contributed by atoms with Gasteiger partial charge in [-0.2, -0.15) is 0 Å². The Kier molecular flexibility index (Phi) is 4.63. The van der Waals surface area contributed by atoms with E-state index >= 15 is 0 Å². The fraction of sp³-hybridized carbons (Fsp3) is 0.150. The molecule has 2 aromatic heterocycles. The highest BCUT2D eigenvalue weighted by Gasteiger charge is 2.20. The third kappa shape index (κ3) is 3.09. The predicted molar refractivity (Wildman–Crippen MR) is 112 cm³/mol. The van der Waals surface area contributed by atoms with Crippen LogP contribution in [0.25, 0.3) is 31.1 Å². The van der Waals surface area contributed by atoms with E-state index in [0.29, 0.717) is 22.4 Å². The Balaban J connectivity index is 1.91. The third-order valence-electron chi connectivity index (χ3n) is 4.23. The number of anilines is 1. The van der Waals surface area contributed by atoms with Gasteiger partial charge in [0.1, 0.15) is 0 Å². The molecule has 0 spiro atoms. The Morgan fingerprint density at radius 2 is 1.59 bits per heavy atom. The van der Waals surface area contributed by atoms with Gasteiger partial charge in [0.05, 0.1) is 31.9 Å². The first-order chi connectivity index (χ1) is 13.1. The molecule has 0 aliphatic rings. The summed E-state index contributed by atoms with van der Waals surface area (Å²) in [5.74, 6) is 1.72. The summed E-state index contributed by atoms with van der Waals surface area (Å²) >= 11 is 3.21. The molecule has 7 heteroatoms. The number of nitrogens with two attached hydrogens (primary N) is 1. The van der Waals surface area contributed by atoms with Crippen LogP contribution in [0, 0.1) is 0 Å². The molecule has 2 N–H and O–H groups in total. The average Bonchev–Trinajstić information content (AvgIpc) is 3.29. The maximum absolute atomic E-state index is 6.07. The Morgan fingerprint density at radius 3 is 2.22 bits per heavy atom. The Hall–Kier alpha value is -2.77. The normalized spacial score (nSPS) is 10.9. The second-order valence-electron chi connectivity index (χ2n) is 5.79. The molecule has 0 amide bonds. The fourth-order valence-electron chi connectivity index (χ4n) is 3.01. The van der Waals surface area contributed by atoms with Gasteiger partial charge in [0.15, 0.2) is 16.6 Å². The number of fused-ring (bicyclic) bond motifs is 1. The van der Waals surface area contributed by atoms with Crippen LogP contribution in [0.2, 0.25) is 0 Å². The van der Waals surface area contributed by atoms with E-state index in [0.717, 1.165) is 21.0 Å². The van der Waals surface area contributed by atoms with Crippen molar-refractivity contribution < 1.29 is 14.2 Å². The van der Waals surface area contributed by atoms with Crippen molar-refractivity contribution in [2.24, 2.45) is 0 Å². The summed E-state index contributed by atoms with van der Waals surface area (Å²) in [7, 11) is 4.79. The van der Waals surface area contributed by atoms with Gasteiger partial charge in [-0.15, -0.1) is 11.3 Å². The van der Waals surface area contributed by atoms with Gasteiger partial charge in [0, 0.05) is 15.1 Å². The second-order valence-corrected chi connectivity index (χ2v) is 7.91. The van der Waals surface area contributed by atoms with Gasteiger partial charge in [0.2, 0.25) is 5.75 Å². The van der Waals surface area contributed by atoms with Crippen LogP contribution in [-0.2, 0) is 0 Å². The lowest BCUT2D eigenvalue weighted by molar-refractivity contribution is 0.324. The number of aromatic nitrogens is 1. The summed E-state index contributed by atoms with van der Waals surface area (Å²) in [4.78, 5) is 6.75. The Labute approximate surface area is 165 Å². The summed E-state index contributed by atoms with van der Waals surface area (Å²) < 4.78 is 17.6. The van der Waals surface area contributed by atoms with Gasteiger partial charge in [-0.1, -0.05) is 29.5 Å². The van der Waals surface area contributed by atoms with Crippen molar-refractivity contribution >= 4 is 37.9 Å². The van der Waals surface area contributed by atoms with E-state index in [1.54, 1.807) is 32.7 Å². The van der Waals surface area contributed by atoms with E-state index in [4.69, 9.17) is 19.9 Å². The zero-order valence-corrected chi connectivity index (χ0v) is 16.7. The largest absolute Gasteiger partial charge is 0.493 e. The van der Waals surface area contributed by atoms with Crippen LogP contribution in [0.4, 0.5) is 5.13 Å². The van der Waals surface area contributed by atoms with E-state index < -0.39 is 0 Å². The molecular formula is C20H18N2O3S2. The van der Waals surface area contributed by atoms with E-state index in [1.165, 1.54) is 21.4 Å². The zero-order chi connectivity index (χ0) is 19.0. The topological polar surface area (TPSA) is 66.6 Å². The van der Waals surface area contributed by atoms with Crippen LogP contribution in [-0.4, -0.2) is 26.3 Å². The van der Waals surface area contributed by atoms with Crippen LogP contribution in [0.3, 0.4) is 0 Å². The molecule has 27 heavy (non-hydrogen) atoms. The van der Waals surface area contributed by atoms with Crippen LogP contribution in [0.1, 0.15) is 0 Å². The SMILES string of the molecule is COc1cc(-c2nc(N)sc2-c2cc3ccccc3s2)cc(OC)c1OC. The summed E-state index contributed by atoms with van der Waals surface area (Å²) in [6, 6.07) is 14.3. The lowest BCUT2D eigenvalue weighted by Gasteiger charge is -2.13. The monoisotopic (exact) mass is 398 g/mol. The molecule has 0 saturated heterocycles. The molecule has 0 radical (unpaired) electrons. The van der Waals surface area contributed by atoms with Crippen molar-refractivity contribution in [1.82, 2.24) is 4.98 Å². The number of methoxy groups -OCH3 is 3. The molecular weight excluding hydrogens is 380 g/mol. The number of nitrogen functional groups attached to an aromatic ring is 1. The molecule has 0 fully saturated rings. The molecule has 0 bridgehead atoms. The summed E-state index contributed by atoms with van der Waals surface area (Å²) in [5, 5.41) is 1.73. The highest BCUT2D eigenvalue weighted by Crippen LogP contribution is 2.46. The van der Waals surface area contributed by atoms with Crippen LogP contribution < -0.4 is 19.9 Å². The standard InChI is InChI=1S/C20H18N2O3S2/c1-23-13-8-12(9-14(24-2)18(13)25-3)17-19(27-20(21)22-17)16-10-11-6-4-5-7-15(11)26-16/h4-10H,1-3H3,(H2,21,22). The number of hydrogen-bond acceptors (Lipinski definition) is 7. The number of ether oxygens (including phenoxy) is 3. The first-order valence-corrected chi connectivity index (χ1v) is 9.83. The summed E-state index contributed by atoms with van der Waals surface area (Å²) in [6.45, 7) is 0. The fourth-order valence-corrected chi connectivity index (χ4v) is 5.03. The van der Waals surface area contributed by atoms with E-state index in [1.807, 2.05) is 24.3 Å². The van der Waals surface area contributed by atoms with E-state index in [9.17, 15) is 0 Å². The molecule has 2 aromatic carbocycles. The number of hydrogen-bond donors (Lipinski definition) is 1. The molecule has 0 aliphatic heterocycles. The molecule has 0 saturated carbocycles. The Bertz CT molecular complexity index is 1060. The highest BCUT2D eigenvalue weighted by molar-refractivity contribution is 7.27. The molecule has 4 aromatic rings. The molecule has 0 aliphatic carbocycles. The van der Waals surface area contributed by atoms with Crippen LogP contribution in [0.15, 0.2) is 42.5 Å². The maximum atomic E-state index is 6.07. The number of benzene rings is 2. The van der Waals surface area contributed by atoms with E-state index in [-0.39, 0.29) is 0 Å². The van der Waals surface area contributed by atoms with Crippen LogP contribution >= 0.6 is 22.7 Å². The summed E-state index contributed by atoms with van der Waals surface area (Å²) in [6.07, 6.45) is 0. The lowest BCUT2D eigenvalue weighted by Crippen LogP contribution is -1.96.